The molecule has 0 radical (unpaired) electrons. The van der Waals surface area contributed by atoms with Crippen molar-refractivity contribution in [2.75, 3.05) is 0 Å². The predicted octanol–water partition coefficient (Wildman–Crippen LogP) is 2.57. The zero-order valence-corrected chi connectivity index (χ0v) is 9.81. The average Bonchev–Trinajstić information content (AvgIpc) is 2.91. The van der Waals surface area contributed by atoms with Crippen LogP contribution in [0.1, 0.15) is 33.7 Å². The molecule has 18 heavy (non-hydrogen) atoms. The molecule has 0 amide bonds. The fourth-order valence-corrected chi connectivity index (χ4v) is 2.39. The third-order valence-corrected chi connectivity index (χ3v) is 3.31. The van der Waals surface area contributed by atoms with Crippen molar-refractivity contribution < 1.29 is 14.0 Å². The topological polar surface area (TPSA) is 47.3 Å². The van der Waals surface area contributed by atoms with Crippen molar-refractivity contribution in [3.8, 4) is 0 Å². The van der Waals surface area contributed by atoms with E-state index < -0.39 is 0 Å². The van der Waals surface area contributed by atoms with E-state index in [-0.39, 0.29) is 11.6 Å². The smallest absolute Gasteiger partial charge is 0.228 e. The molecular weight excluding hydrogens is 228 g/mol. The fourth-order valence-electron chi connectivity index (χ4n) is 2.39. The molecule has 0 atom stereocenters. The van der Waals surface area contributed by atoms with Crippen LogP contribution in [0, 0.1) is 0 Å². The van der Waals surface area contributed by atoms with E-state index in [1.165, 1.54) is 6.26 Å². The van der Waals surface area contributed by atoms with Crippen LogP contribution in [0.4, 0.5) is 0 Å². The van der Waals surface area contributed by atoms with Gasteiger partial charge in [-0.3, -0.25) is 9.59 Å². The number of carbonyl (C=O) groups excluding carboxylic acids is 2. The van der Waals surface area contributed by atoms with Crippen molar-refractivity contribution in [2.24, 2.45) is 0 Å². The fraction of sp³-hybridized carbons (Fsp3) is 0.200. The summed E-state index contributed by atoms with van der Waals surface area (Å²) in [5, 5.41) is 0. The lowest BCUT2D eigenvalue weighted by molar-refractivity contribution is -0.118. The molecule has 0 aliphatic heterocycles. The Hall–Kier alpha value is -2.16. The maximum atomic E-state index is 12.3. The van der Waals surface area contributed by atoms with Gasteiger partial charge in [0.25, 0.3) is 0 Å². The third-order valence-electron chi connectivity index (χ3n) is 3.31. The lowest BCUT2D eigenvalue weighted by Crippen LogP contribution is -2.17. The molecule has 1 aliphatic rings. The highest BCUT2D eigenvalue weighted by Gasteiger charge is 2.23. The number of benzene rings is 1. The Morgan fingerprint density at radius 2 is 2.00 bits per heavy atom. The van der Waals surface area contributed by atoms with Crippen molar-refractivity contribution in [1.82, 2.24) is 0 Å². The molecule has 1 aromatic carbocycles. The van der Waals surface area contributed by atoms with Gasteiger partial charge >= 0.3 is 0 Å². The van der Waals surface area contributed by atoms with Crippen LogP contribution in [0.15, 0.2) is 41.0 Å². The van der Waals surface area contributed by atoms with Crippen molar-refractivity contribution in [3.63, 3.8) is 0 Å². The maximum Gasteiger partial charge on any atom is 0.228 e. The first kappa shape index (κ1) is 11.0. The largest absolute Gasteiger partial charge is 0.461 e. The van der Waals surface area contributed by atoms with Crippen molar-refractivity contribution in [3.05, 3.63) is 59.0 Å². The normalized spacial score (nSPS) is 14.3. The Labute approximate surface area is 104 Å². The highest BCUT2D eigenvalue weighted by molar-refractivity contribution is 6.09. The van der Waals surface area contributed by atoms with Gasteiger partial charge in [-0.25, -0.2) is 0 Å². The van der Waals surface area contributed by atoms with E-state index in [0.717, 1.165) is 17.5 Å². The van der Waals surface area contributed by atoms with Crippen LogP contribution in [-0.2, 0) is 17.6 Å². The first-order valence-corrected chi connectivity index (χ1v) is 5.96. The van der Waals surface area contributed by atoms with E-state index in [2.05, 4.69) is 0 Å². The summed E-state index contributed by atoms with van der Waals surface area (Å²) in [5.41, 5.74) is 2.57. The van der Waals surface area contributed by atoms with E-state index in [0.29, 0.717) is 24.2 Å². The Bertz CT molecular complexity index is 609. The van der Waals surface area contributed by atoms with Gasteiger partial charge in [0.15, 0.2) is 5.76 Å². The molecule has 3 heteroatoms. The second kappa shape index (κ2) is 4.26. The SMILES string of the molecule is O=C1CCc2cccc(C(=O)c3ccco3)c2C1. The number of carbonyl (C=O) groups is 2. The van der Waals surface area contributed by atoms with Crippen LogP contribution in [0.3, 0.4) is 0 Å². The molecule has 0 saturated heterocycles. The number of hydrogen-bond acceptors (Lipinski definition) is 3. The zero-order chi connectivity index (χ0) is 12.5. The number of furan rings is 1. The van der Waals surface area contributed by atoms with Crippen LogP contribution in [0.5, 0.6) is 0 Å². The van der Waals surface area contributed by atoms with E-state index in [4.69, 9.17) is 4.42 Å². The Kier molecular flexibility index (Phi) is 2.59. The summed E-state index contributed by atoms with van der Waals surface area (Å²) in [6.45, 7) is 0. The van der Waals surface area contributed by atoms with Gasteiger partial charge in [0.1, 0.15) is 5.78 Å². The molecule has 3 nitrogen and oxygen atoms in total. The van der Waals surface area contributed by atoms with Crippen LogP contribution < -0.4 is 0 Å². The van der Waals surface area contributed by atoms with Gasteiger partial charge in [-0.05, 0) is 29.7 Å². The standard InChI is InChI=1S/C15H12O3/c16-11-7-6-10-3-1-4-12(13(10)9-11)15(17)14-5-2-8-18-14/h1-5,8H,6-7,9H2. The Morgan fingerprint density at radius 3 is 2.78 bits per heavy atom. The minimum absolute atomic E-state index is 0.147. The second-order valence-corrected chi connectivity index (χ2v) is 4.47. The van der Waals surface area contributed by atoms with Gasteiger partial charge in [-0.2, -0.15) is 0 Å². The molecule has 2 aromatic rings. The molecule has 90 valence electrons. The molecule has 0 bridgehead atoms. The monoisotopic (exact) mass is 240 g/mol. The molecule has 0 N–H and O–H groups in total. The van der Waals surface area contributed by atoms with Crippen LogP contribution in [0.25, 0.3) is 0 Å². The number of Topliss-reactive ketones (excluding diaryl/α,β-unsaturated/α-hetero) is 1. The summed E-state index contributed by atoms with van der Waals surface area (Å²) in [4.78, 5) is 23.8. The van der Waals surface area contributed by atoms with Gasteiger partial charge < -0.3 is 4.42 Å². The zero-order valence-electron chi connectivity index (χ0n) is 9.81. The quantitative estimate of drug-likeness (QED) is 0.758. The molecule has 0 unspecified atom stereocenters. The van der Waals surface area contributed by atoms with E-state index in [1.807, 2.05) is 12.1 Å². The van der Waals surface area contributed by atoms with Crippen LogP contribution in [-0.4, -0.2) is 11.6 Å². The summed E-state index contributed by atoms with van der Waals surface area (Å²) < 4.78 is 5.13. The summed E-state index contributed by atoms with van der Waals surface area (Å²) in [5.74, 6) is 0.371. The minimum atomic E-state index is -0.147. The molecule has 1 aliphatic carbocycles. The number of aryl methyl sites for hydroxylation is 1. The Morgan fingerprint density at radius 1 is 1.11 bits per heavy atom. The van der Waals surface area contributed by atoms with E-state index >= 15 is 0 Å². The molecule has 1 aromatic heterocycles. The summed E-state index contributed by atoms with van der Waals surface area (Å²) >= 11 is 0. The van der Waals surface area contributed by atoms with Gasteiger partial charge in [0.05, 0.1) is 6.26 Å². The van der Waals surface area contributed by atoms with E-state index in [9.17, 15) is 9.59 Å². The lowest BCUT2D eigenvalue weighted by atomic mass is 9.86. The predicted molar refractivity (Wildman–Crippen MR) is 65.6 cm³/mol. The number of ketones is 2. The van der Waals surface area contributed by atoms with Crippen LogP contribution in [0.2, 0.25) is 0 Å². The highest BCUT2D eigenvalue weighted by Crippen LogP contribution is 2.24. The summed E-state index contributed by atoms with van der Waals surface area (Å²) in [7, 11) is 0. The maximum absolute atomic E-state index is 12.3. The van der Waals surface area contributed by atoms with Gasteiger partial charge in [-0.15, -0.1) is 0 Å². The first-order chi connectivity index (χ1) is 8.75. The average molecular weight is 240 g/mol. The van der Waals surface area contributed by atoms with Crippen molar-refractivity contribution >= 4 is 11.6 Å². The molecule has 0 spiro atoms. The van der Waals surface area contributed by atoms with Crippen molar-refractivity contribution in [1.29, 1.82) is 0 Å². The molecule has 0 fully saturated rings. The van der Waals surface area contributed by atoms with Crippen molar-refractivity contribution in [2.45, 2.75) is 19.3 Å². The van der Waals surface area contributed by atoms with E-state index in [1.54, 1.807) is 18.2 Å². The molecule has 3 rings (SSSR count). The minimum Gasteiger partial charge on any atom is -0.461 e. The number of hydrogen-bond donors (Lipinski definition) is 0. The van der Waals surface area contributed by atoms with Gasteiger partial charge in [-0.1, -0.05) is 18.2 Å². The third kappa shape index (κ3) is 1.78. The molecule has 1 heterocycles. The Balaban J connectivity index is 2.08. The second-order valence-electron chi connectivity index (χ2n) is 4.47. The molecular formula is C15H12O3. The summed E-state index contributed by atoms with van der Waals surface area (Å²) in [6, 6.07) is 8.95. The summed E-state index contributed by atoms with van der Waals surface area (Å²) in [6.07, 6.45) is 3.14. The molecule has 0 saturated carbocycles. The number of rotatable bonds is 2. The first-order valence-electron chi connectivity index (χ1n) is 5.96. The van der Waals surface area contributed by atoms with Crippen LogP contribution >= 0.6 is 0 Å². The highest BCUT2D eigenvalue weighted by atomic mass is 16.3. The lowest BCUT2D eigenvalue weighted by Gasteiger charge is -2.17. The number of fused-ring (bicyclic) bond motifs is 1. The van der Waals surface area contributed by atoms with Gasteiger partial charge in [0, 0.05) is 18.4 Å². The van der Waals surface area contributed by atoms with Gasteiger partial charge in [0.2, 0.25) is 5.78 Å².